The molecule has 0 unspecified atom stereocenters. The molecular formula is C12H18ClNOS. The topological polar surface area (TPSA) is 21.3 Å². The molecule has 16 heavy (non-hydrogen) atoms. The van der Waals surface area contributed by atoms with E-state index in [0.717, 1.165) is 41.8 Å². The highest BCUT2D eigenvalue weighted by Crippen LogP contribution is 2.23. The molecule has 0 radical (unpaired) electrons. The number of halogens is 1. The first kappa shape index (κ1) is 13.7. The second kappa shape index (κ2) is 7.82. The smallest absolute Gasteiger partial charge is 0.123 e. The summed E-state index contributed by atoms with van der Waals surface area (Å²) in [6, 6.07) is 5.76. The lowest BCUT2D eigenvalue weighted by Gasteiger charge is -2.11. The Kier molecular flexibility index (Phi) is 6.69. The van der Waals surface area contributed by atoms with Crippen LogP contribution in [0.4, 0.5) is 0 Å². The molecule has 2 nitrogen and oxygen atoms in total. The number of hydrogen-bond donors (Lipinski definition) is 1. The lowest BCUT2D eigenvalue weighted by Crippen LogP contribution is -2.13. The van der Waals surface area contributed by atoms with Crippen molar-refractivity contribution < 1.29 is 4.74 Å². The molecule has 4 heteroatoms. The molecule has 0 aromatic heterocycles. The first-order valence-electron chi connectivity index (χ1n) is 5.38. The molecule has 0 spiro atoms. The van der Waals surface area contributed by atoms with Crippen LogP contribution in [-0.4, -0.2) is 25.2 Å². The molecule has 0 saturated heterocycles. The molecule has 0 heterocycles. The largest absolute Gasteiger partial charge is 0.492 e. The number of ether oxygens (including phenoxy) is 1. The fraction of sp³-hybridized carbons (Fsp3) is 0.500. The van der Waals surface area contributed by atoms with Crippen LogP contribution < -0.4 is 10.1 Å². The molecule has 0 saturated carbocycles. The van der Waals surface area contributed by atoms with Gasteiger partial charge in [0.1, 0.15) is 5.75 Å². The van der Waals surface area contributed by atoms with Crippen LogP contribution in [0.3, 0.4) is 0 Å². The summed E-state index contributed by atoms with van der Waals surface area (Å²) in [5.41, 5.74) is 1.12. The van der Waals surface area contributed by atoms with Crippen molar-refractivity contribution in [2.24, 2.45) is 0 Å². The van der Waals surface area contributed by atoms with Gasteiger partial charge in [0.05, 0.1) is 6.61 Å². The van der Waals surface area contributed by atoms with E-state index in [2.05, 4.69) is 18.5 Å². The fourth-order valence-corrected chi connectivity index (χ4v) is 1.77. The standard InChI is InChI=1S/C12H18ClNOS/c1-3-14-9-10-8-11(13)4-5-12(10)15-6-7-16-2/h4-5,8,14H,3,6-7,9H2,1-2H3. The molecule has 0 fully saturated rings. The van der Waals surface area contributed by atoms with Crippen molar-refractivity contribution in [3.8, 4) is 5.75 Å². The van der Waals surface area contributed by atoms with Crippen molar-refractivity contribution >= 4 is 23.4 Å². The van der Waals surface area contributed by atoms with Gasteiger partial charge >= 0.3 is 0 Å². The van der Waals surface area contributed by atoms with E-state index in [9.17, 15) is 0 Å². The van der Waals surface area contributed by atoms with Gasteiger partial charge in [-0.1, -0.05) is 18.5 Å². The minimum atomic E-state index is 0.738. The minimum absolute atomic E-state index is 0.738. The van der Waals surface area contributed by atoms with Gasteiger partial charge in [0.25, 0.3) is 0 Å². The Morgan fingerprint density at radius 3 is 2.94 bits per heavy atom. The third-order valence-corrected chi connectivity index (χ3v) is 2.94. The van der Waals surface area contributed by atoms with Gasteiger partial charge in [0, 0.05) is 22.9 Å². The van der Waals surface area contributed by atoms with E-state index in [4.69, 9.17) is 16.3 Å². The minimum Gasteiger partial charge on any atom is -0.492 e. The molecule has 0 aliphatic rings. The predicted octanol–water partition coefficient (Wildman–Crippen LogP) is 3.19. The van der Waals surface area contributed by atoms with E-state index in [-0.39, 0.29) is 0 Å². The Morgan fingerprint density at radius 1 is 1.44 bits per heavy atom. The quantitative estimate of drug-likeness (QED) is 0.760. The Morgan fingerprint density at radius 2 is 2.25 bits per heavy atom. The normalized spacial score (nSPS) is 10.4. The van der Waals surface area contributed by atoms with Crippen LogP contribution in [0.1, 0.15) is 12.5 Å². The van der Waals surface area contributed by atoms with E-state index < -0.39 is 0 Å². The highest BCUT2D eigenvalue weighted by atomic mass is 35.5. The van der Waals surface area contributed by atoms with Gasteiger partial charge in [-0.2, -0.15) is 11.8 Å². The summed E-state index contributed by atoms with van der Waals surface area (Å²) in [7, 11) is 0. The Labute approximate surface area is 107 Å². The zero-order valence-electron chi connectivity index (χ0n) is 9.75. The summed E-state index contributed by atoms with van der Waals surface area (Å²) in [5, 5.41) is 4.03. The van der Waals surface area contributed by atoms with Crippen LogP contribution in [0.2, 0.25) is 5.02 Å². The molecule has 0 atom stereocenters. The second-order valence-corrected chi connectivity index (χ2v) is 4.80. The van der Waals surface area contributed by atoms with Crippen molar-refractivity contribution in [3.05, 3.63) is 28.8 Å². The zero-order chi connectivity index (χ0) is 11.8. The molecule has 0 amide bonds. The van der Waals surface area contributed by atoms with Gasteiger partial charge in [-0.05, 0) is 31.0 Å². The third-order valence-electron chi connectivity index (χ3n) is 2.13. The average molecular weight is 260 g/mol. The summed E-state index contributed by atoms with van der Waals surface area (Å²) < 4.78 is 5.71. The second-order valence-electron chi connectivity index (χ2n) is 3.37. The van der Waals surface area contributed by atoms with E-state index in [0.29, 0.717) is 0 Å². The summed E-state index contributed by atoms with van der Waals surface area (Å²) in [4.78, 5) is 0. The van der Waals surface area contributed by atoms with Gasteiger partial charge in [-0.25, -0.2) is 0 Å². The summed E-state index contributed by atoms with van der Waals surface area (Å²) in [5.74, 6) is 1.93. The SMILES string of the molecule is CCNCc1cc(Cl)ccc1OCCSC. The summed E-state index contributed by atoms with van der Waals surface area (Å²) >= 11 is 7.75. The van der Waals surface area contributed by atoms with E-state index in [1.807, 2.05) is 18.2 Å². The predicted molar refractivity (Wildman–Crippen MR) is 72.7 cm³/mol. The molecule has 0 aliphatic heterocycles. The van der Waals surface area contributed by atoms with Crippen LogP contribution >= 0.6 is 23.4 Å². The van der Waals surface area contributed by atoms with Gasteiger partial charge < -0.3 is 10.1 Å². The van der Waals surface area contributed by atoms with E-state index >= 15 is 0 Å². The van der Waals surface area contributed by atoms with Crippen LogP contribution in [-0.2, 0) is 6.54 Å². The molecule has 0 aliphatic carbocycles. The first-order chi connectivity index (χ1) is 7.77. The summed E-state index contributed by atoms with van der Waals surface area (Å²) in [6.45, 7) is 4.56. The molecule has 0 bridgehead atoms. The maximum atomic E-state index is 5.97. The van der Waals surface area contributed by atoms with Crippen molar-refractivity contribution in [2.45, 2.75) is 13.5 Å². The average Bonchev–Trinajstić information content (AvgIpc) is 2.29. The lowest BCUT2D eigenvalue weighted by atomic mass is 10.2. The molecule has 1 rings (SSSR count). The maximum absolute atomic E-state index is 5.97. The van der Waals surface area contributed by atoms with E-state index in [1.165, 1.54) is 0 Å². The number of thioether (sulfide) groups is 1. The van der Waals surface area contributed by atoms with Crippen molar-refractivity contribution in [1.29, 1.82) is 0 Å². The number of nitrogens with one attached hydrogen (secondary N) is 1. The summed E-state index contributed by atoms with van der Waals surface area (Å²) in [6.07, 6.45) is 2.07. The fourth-order valence-electron chi connectivity index (χ4n) is 1.32. The number of hydrogen-bond acceptors (Lipinski definition) is 3. The molecule has 1 aromatic rings. The molecular weight excluding hydrogens is 242 g/mol. The zero-order valence-corrected chi connectivity index (χ0v) is 11.3. The van der Waals surface area contributed by atoms with Gasteiger partial charge in [-0.3, -0.25) is 0 Å². The highest BCUT2D eigenvalue weighted by molar-refractivity contribution is 7.98. The molecule has 90 valence electrons. The van der Waals surface area contributed by atoms with Crippen molar-refractivity contribution in [2.75, 3.05) is 25.2 Å². The Hall–Kier alpha value is -0.380. The van der Waals surface area contributed by atoms with Crippen LogP contribution in [0.25, 0.3) is 0 Å². The number of benzene rings is 1. The molecule has 1 N–H and O–H groups in total. The van der Waals surface area contributed by atoms with Gasteiger partial charge in [0.15, 0.2) is 0 Å². The van der Waals surface area contributed by atoms with E-state index in [1.54, 1.807) is 11.8 Å². The molecule has 1 aromatic carbocycles. The number of rotatable bonds is 7. The van der Waals surface area contributed by atoms with Crippen LogP contribution in [0, 0.1) is 0 Å². The van der Waals surface area contributed by atoms with Gasteiger partial charge in [-0.15, -0.1) is 0 Å². The van der Waals surface area contributed by atoms with Crippen LogP contribution in [0.15, 0.2) is 18.2 Å². The van der Waals surface area contributed by atoms with Gasteiger partial charge in [0.2, 0.25) is 0 Å². The maximum Gasteiger partial charge on any atom is 0.123 e. The highest BCUT2D eigenvalue weighted by Gasteiger charge is 2.04. The monoisotopic (exact) mass is 259 g/mol. The Balaban J connectivity index is 2.64. The van der Waals surface area contributed by atoms with Crippen molar-refractivity contribution in [1.82, 2.24) is 5.32 Å². The third kappa shape index (κ3) is 4.64. The van der Waals surface area contributed by atoms with Crippen LogP contribution in [0.5, 0.6) is 5.75 Å². The Bertz CT molecular complexity index is 320. The first-order valence-corrected chi connectivity index (χ1v) is 7.16. The van der Waals surface area contributed by atoms with Crippen molar-refractivity contribution in [3.63, 3.8) is 0 Å². The lowest BCUT2D eigenvalue weighted by molar-refractivity contribution is 0.339.